The predicted octanol–water partition coefficient (Wildman–Crippen LogP) is 3.20. The maximum Gasteiger partial charge on any atom is 0.172 e. The maximum atomic E-state index is 13.7. The molecule has 0 aromatic heterocycles. The molecular weight excluding hydrogens is 317 g/mol. The van der Waals surface area contributed by atoms with Gasteiger partial charge in [-0.15, -0.1) is 0 Å². The number of hydrogen-bond donors (Lipinski definition) is 2. The summed E-state index contributed by atoms with van der Waals surface area (Å²) in [5.41, 5.74) is 0. The van der Waals surface area contributed by atoms with Crippen LogP contribution in [-0.2, 0) is 4.79 Å². The summed E-state index contributed by atoms with van der Waals surface area (Å²) in [6.07, 6.45) is 1.79. The minimum absolute atomic E-state index is 0.0227. The number of benzene rings is 1. The largest absolute Gasteiger partial charge is 0.490 e. The Labute approximate surface area is 142 Å². The van der Waals surface area contributed by atoms with Crippen molar-refractivity contribution < 1.29 is 18.7 Å². The van der Waals surface area contributed by atoms with Crippen molar-refractivity contribution in [1.82, 2.24) is 5.32 Å². The number of nitrogens with one attached hydrogen (secondary N) is 1. The zero-order valence-corrected chi connectivity index (χ0v) is 14.6. The number of carbonyl (C=O) groups excluding carboxylic acids is 1. The smallest absolute Gasteiger partial charge is 0.172 e. The van der Waals surface area contributed by atoms with E-state index >= 15 is 0 Å². The van der Waals surface area contributed by atoms with Gasteiger partial charge in [-0.2, -0.15) is 12.6 Å². The first-order valence-electron chi connectivity index (χ1n) is 7.90. The molecule has 0 amide bonds. The minimum atomic E-state index is -0.438. The van der Waals surface area contributed by atoms with Crippen LogP contribution in [0.3, 0.4) is 0 Å². The zero-order chi connectivity index (χ0) is 17.0. The first-order chi connectivity index (χ1) is 10.8. The van der Waals surface area contributed by atoms with Gasteiger partial charge < -0.3 is 14.8 Å². The van der Waals surface area contributed by atoms with E-state index in [9.17, 15) is 9.18 Å². The Balaban J connectivity index is 1.87. The molecule has 0 spiro atoms. The molecule has 6 heteroatoms. The van der Waals surface area contributed by atoms with Gasteiger partial charge in [-0.25, -0.2) is 4.39 Å². The fourth-order valence-electron chi connectivity index (χ4n) is 2.34. The summed E-state index contributed by atoms with van der Waals surface area (Å²) in [7, 11) is 0. The molecule has 23 heavy (non-hydrogen) atoms. The second-order valence-corrected chi connectivity index (χ2v) is 7.06. The molecule has 0 saturated heterocycles. The van der Waals surface area contributed by atoms with Gasteiger partial charge in [0.2, 0.25) is 0 Å². The van der Waals surface area contributed by atoms with E-state index in [0.717, 1.165) is 12.8 Å². The Morgan fingerprint density at radius 2 is 1.96 bits per heavy atom. The van der Waals surface area contributed by atoms with E-state index in [1.165, 1.54) is 12.1 Å². The molecule has 1 aliphatic carbocycles. The molecule has 4 nitrogen and oxygen atoms in total. The monoisotopic (exact) mass is 341 g/mol. The molecule has 1 aromatic rings. The van der Waals surface area contributed by atoms with Crippen LogP contribution in [-0.4, -0.2) is 29.9 Å². The van der Waals surface area contributed by atoms with Crippen molar-refractivity contribution in [1.29, 1.82) is 0 Å². The molecule has 1 aliphatic rings. The predicted molar refractivity (Wildman–Crippen MR) is 90.8 cm³/mol. The van der Waals surface area contributed by atoms with Crippen LogP contribution in [0, 0.1) is 11.7 Å². The number of Topliss-reactive ketones (excluding diaryl/α,β-unsaturated/α-hetero) is 1. The van der Waals surface area contributed by atoms with Crippen molar-refractivity contribution in [3.05, 3.63) is 24.0 Å². The van der Waals surface area contributed by atoms with Gasteiger partial charge in [-0.05, 0) is 19.8 Å². The highest BCUT2D eigenvalue weighted by Crippen LogP contribution is 2.29. The molecule has 1 unspecified atom stereocenters. The maximum absolute atomic E-state index is 13.7. The Kier molecular flexibility index (Phi) is 6.30. The number of rotatable bonds is 8. The summed E-state index contributed by atoms with van der Waals surface area (Å²) in [5, 5.41) is 3.46. The van der Waals surface area contributed by atoms with Crippen LogP contribution >= 0.6 is 12.6 Å². The summed E-state index contributed by atoms with van der Waals surface area (Å²) in [6.45, 7) is 5.53. The lowest BCUT2D eigenvalue weighted by Gasteiger charge is -2.37. The van der Waals surface area contributed by atoms with Crippen molar-refractivity contribution in [2.75, 3.05) is 6.61 Å². The molecule has 2 rings (SSSR count). The summed E-state index contributed by atoms with van der Waals surface area (Å²) in [5.74, 6) is 0.178. The third-order valence-electron chi connectivity index (χ3n) is 3.74. The van der Waals surface area contributed by atoms with E-state index in [2.05, 4.69) is 17.9 Å². The van der Waals surface area contributed by atoms with Crippen LogP contribution in [0.25, 0.3) is 0 Å². The summed E-state index contributed by atoms with van der Waals surface area (Å²) < 4.78 is 24.8. The second kappa shape index (κ2) is 8.02. The lowest BCUT2D eigenvalue weighted by Crippen LogP contribution is -2.48. The second-order valence-electron chi connectivity index (χ2n) is 6.28. The van der Waals surface area contributed by atoms with Crippen molar-refractivity contribution in [2.45, 2.75) is 51.1 Å². The quantitative estimate of drug-likeness (QED) is 0.563. The minimum Gasteiger partial charge on any atom is -0.490 e. The van der Waals surface area contributed by atoms with E-state index < -0.39 is 5.82 Å². The highest BCUT2D eigenvalue weighted by atomic mass is 32.1. The van der Waals surface area contributed by atoms with Gasteiger partial charge in [-0.1, -0.05) is 13.8 Å². The van der Waals surface area contributed by atoms with Crippen LogP contribution in [0.15, 0.2) is 18.2 Å². The first-order valence-corrected chi connectivity index (χ1v) is 8.42. The molecule has 0 aliphatic heterocycles. The number of ketones is 1. The van der Waals surface area contributed by atoms with Gasteiger partial charge in [0.25, 0.3) is 0 Å². The molecular formula is C17H24FNO3S. The van der Waals surface area contributed by atoms with Gasteiger partial charge in [-0.3, -0.25) is 4.79 Å². The molecule has 0 bridgehead atoms. The highest BCUT2D eigenvalue weighted by molar-refractivity contribution is 7.80. The van der Waals surface area contributed by atoms with Crippen molar-refractivity contribution in [3.8, 4) is 11.5 Å². The number of carbonyl (C=O) groups is 1. The lowest BCUT2D eigenvalue weighted by molar-refractivity contribution is -0.123. The van der Waals surface area contributed by atoms with Gasteiger partial charge in [0.05, 0.1) is 0 Å². The van der Waals surface area contributed by atoms with Crippen LogP contribution in [0.4, 0.5) is 4.39 Å². The van der Waals surface area contributed by atoms with Gasteiger partial charge in [0.15, 0.2) is 5.78 Å². The van der Waals surface area contributed by atoms with Crippen LogP contribution in [0.5, 0.6) is 11.5 Å². The Hall–Kier alpha value is -1.27. The third-order valence-corrected chi connectivity index (χ3v) is 3.89. The lowest BCUT2D eigenvalue weighted by atomic mass is 9.89. The van der Waals surface area contributed by atoms with E-state index in [1.807, 2.05) is 6.92 Å². The number of thiol groups is 1. The van der Waals surface area contributed by atoms with E-state index in [0.29, 0.717) is 17.5 Å². The van der Waals surface area contributed by atoms with Crippen LogP contribution in [0.2, 0.25) is 0 Å². The van der Waals surface area contributed by atoms with E-state index in [1.54, 1.807) is 19.9 Å². The number of halogens is 1. The van der Waals surface area contributed by atoms with Gasteiger partial charge in [0, 0.05) is 35.5 Å². The van der Waals surface area contributed by atoms with Crippen molar-refractivity contribution >= 4 is 18.4 Å². The Morgan fingerprint density at radius 3 is 2.57 bits per heavy atom. The highest BCUT2D eigenvalue weighted by Gasteiger charge is 2.31. The SMILES string of the molecule is CC(S)N[C@H]1C[C@@H](Oc2cc(F)cc(OCC(=O)C(C)C)c2)C1. The molecule has 1 aromatic carbocycles. The molecule has 1 fully saturated rings. The standard InChI is InChI=1S/C17H24FNO3S/c1-10(2)17(20)9-21-14-4-12(18)5-15(8-14)22-16-6-13(7-16)19-11(3)23/h4-5,8,10-11,13,16,19,23H,6-7,9H2,1-3H3/t11?,13-,16+. The zero-order valence-electron chi connectivity index (χ0n) is 13.7. The molecule has 0 radical (unpaired) electrons. The van der Waals surface area contributed by atoms with Gasteiger partial charge in [0.1, 0.15) is 30.0 Å². The molecule has 1 N–H and O–H groups in total. The molecule has 1 atom stereocenters. The Morgan fingerprint density at radius 1 is 1.30 bits per heavy atom. The Bertz CT molecular complexity index is 545. The fourth-order valence-corrected chi connectivity index (χ4v) is 2.55. The van der Waals surface area contributed by atoms with Crippen molar-refractivity contribution in [2.24, 2.45) is 5.92 Å². The molecule has 0 heterocycles. The summed E-state index contributed by atoms with van der Waals surface area (Å²) >= 11 is 4.29. The number of ether oxygens (including phenoxy) is 2. The number of hydrogen-bond acceptors (Lipinski definition) is 5. The average Bonchev–Trinajstić information content (AvgIpc) is 2.41. The van der Waals surface area contributed by atoms with Crippen molar-refractivity contribution in [3.63, 3.8) is 0 Å². The van der Waals surface area contributed by atoms with Crippen LogP contribution < -0.4 is 14.8 Å². The summed E-state index contributed by atoms with van der Waals surface area (Å²) in [4.78, 5) is 11.6. The normalized spacial score (nSPS) is 21.7. The van der Waals surface area contributed by atoms with E-state index in [-0.39, 0.29) is 29.8 Å². The fraction of sp³-hybridized carbons (Fsp3) is 0.588. The van der Waals surface area contributed by atoms with Gasteiger partial charge >= 0.3 is 0 Å². The molecule has 1 saturated carbocycles. The van der Waals surface area contributed by atoms with Crippen LogP contribution in [0.1, 0.15) is 33.6 Å². The first kappa shape index (κ1) is 18.1. The average molecular weight is 341 g/mol. The topological polar surface area (TPSA) is 47.6 Å². The third kappa shape index (κ3) is 5.70. The summed E-state index contributed by atoms with van der Waals surface area (Å²) in [6, 6.07) is 4.60. The molecule has 128 valence electrons. The van der Waals surface area contributed by atoms with E-state index in [4.69, 9.17) is 9.47 Å².